The molecular weight excluding hydrogens is 291 g/mol. The van der Waals surface area contributed by atoms with E-state index < -0.39 is 21.8 Å². The third-order valence-electron chi connectivity index (χ3n) is 2.34. The molecule has 1 aromatic rings. The second-order valence-electron chi connectivity index (χ2n) is 3.79. The van der Waals surface area contributed by atoms with Gasteiger partial charge in [-0.1, -0.05) is 11.6 Å². The van der Waals surface area contributed by atoms with Crippen molar-refractivity contribution >= 4 is 27.0 Å². The Hall–Kier alpha value is -0.950. The first-order valence-corrected chi connectivity index (χ1v) is 7.28. The van der Waals surface area contributed by atoms with Crippen LogP contribution >= 0.6 is 11.6 Å². The fraction of sp³-hybridized carbons (Fsp3) is 0.400. The molecule has 1 aliphatic rings. The molecule has 0 bridgehead atoms. The topological polar surface area (TPSA) is 38.7 Å². The summed E-state index contributed by atoms with van der Waals surface area (Å²) >= 11 is 5.78. The molecule has 1 aromatic carbocycles. The molecule has 0 aliphatic carbocycles. The van der Waals surface area contributed by atoms with Gasteiger partial charge in [-0.2, -0.15) is 4.36 Å². The van der Waals surface area contributed by atoms with E-state index in [9.17, 15) is 17.4 Å². The van der Waals surface area contributed by atoms with Crippen molar-refractivity contribution in [2.24, 2.45) is 4.36 Å². The van der Waals surface area contributed by atoms with Crippen molar-refractivity contribution in [1.29, 1.82) is 0 Å². The van der Waals surface area contributed by atoms with Crippen LogP contribution in [-0.2, 0) is 9.73 Å². The van der Waals surface area contributed by atoms with E-state index in [1.54, 1.807) is 0 Å². The third kappa shape index (κ3) is 3.29. The molecule has 0 spiro atoms. The molecule has 1 saturated heterocycles. The lowest BCUT2D eigenvalue weighted by atomic mass is 10.3. The summed E-state index contributed by atoms with van der Waals surface area (Å²) in [6.45, 7) is 0. The van der Waals surface area contributed by atoms with Crippen molar-refractivity contribution in [2.75, 3.05) is 11.5 Å². The third-order valence-corrected chi connectivity index (χ3v) is 5.03. The van der Waals surface area contributed by atoms with E-state index >= 15 is 0 Å². The van der Waals surface area contributed by atoms with Crippen molar-refractivity contribution in [1.82, 2.24) is 0 Å². The first-order valence-electron chi connectivity index (χ1n) is 5.05. The van der Waals surface area contributed by atoms with Gasteiger partial charge in [0.2, 0.25) is 0 Å². The largest absolute Gasteiger partial charge is 0.573 e. The van der Waals surface area contributed by atoms with E-state index in [2.05, 4.69) is 9.10 Å². The van der Waals surface area contributed by atoms with Gasteiger partial charge in [-0.05, 0) is 18.6 Å². The zero-order valence-electron chi connectivity index (χ0n) is 9.04. The van der Waals surface area contributed by atoms with Crippen molar-refractivity contribution in [2.45, 2.75) is 12.8 Å². The van der Waals surface area contributed by atoms with Crippen LogP contribution in [0.15, 0.2) is 22.6 Å². The van der Waals surface area contributed by atoms with Crippen LogP contribution in [0.3, 0.4) is 0 Å². The Morgan fingerprint density at radius 3 is 2.44 bits per heavy atom. The highest BCUT2D eigenvalue weighted by atomic mass is 35.5. The van der Waals surface area contributed by atoms with Crippen molar-refractivity contribution in [3.05, 3.63) is 23.2 Å². The Morgan fingerprint density at radius 2 is 2.00 bits per heavy atom. The van der Waals surface area contributed by atoms with Gasteiger partial charge >= 0.3 is 6.36 Å². The number of nitrogens with zero attached hydrogens (tertiary/aromatic N) is 1. The Morgan fingerprint density at radius 1 is 1.33 bits per heavy atom. The fourth-order valence-electron chi connectivity index (χ4n) is 1.42. The van der Waals surface area contributed by atoms with Gasteiger partial charge in [0.15, 0.2) is 0 Å². The summed E-state index contributed by atoms with van der Waals surface area (Å²) in [6, 6.07) is 3.38. The van der Waals surface area contributed by atoms with Gasteiger partial charge in [-0.25, -0.2) is 4.21 Å². The maximum absolute atomic E-state index is 12.0. The molecule has 0 saturated carbocycles. The average molecular weight is 300 g/mol. The molecule has 1 aliphatic heterocycles. The predicted octanol–water partition coefficient (Wildman–Crippen LogP) is 3.74. The van der Waals surface area contributed by atoms with E-state index in [0.717, 1.165) is 18.6 Å². The minimum Gasteiger partial charge on any atom is -0.406 e. The molecule has 3 nitrogen and oxygen atoms in total. The van der Waals surface area contributed by atoms with Crippen LogP contribution < -0.4 is 4.74 Å². The number of rotatable bonds is 2. The van der Waals surface area contributed by atoms with Crippen molar-refractivity contribution in [3.63, 3.8) is 0 Å². The summed E-state index contributed by atoms with van der Waals surface area (Å²) < 4.78 is 55.5. The number of benzene rings is 1. The van der Waals surface area contributed by atoms with Crippen LogP contribution in [0.5, 0.6) is 5.75 Å². The Balaban J connectivity index is 2.26. The first-order chi connectivity index (χ1) is 8.27. The van der Waals surface area contributed by atoms with E-state index in [1.807, 2.05) is 0 Å². The van der Waals surface area contributed by atoms with Crippen molar-refractivity contribution < 1.29 is 22.1 Å². The van der Waals surface area contributed by atoms with Gasteiger partial charge in [0, 0.05) is 17.6 Å². The number of alkyl halides is 3. The molecule has 0 unspecified atom stereocenters. The van der Waals surface area contributed by atoms with E-state index in [4.69, 9.17) is 11.6 Å². The highest BCUT2D eigenvalue weighted by molar-refractivity contribution is 7.95. The first kappa shape index (κ1) is 13.5. The van der Waals surface area contributed by atoms with Crippen LogP contribution in [0.1, 0.15) is 6.42 Å². The fourth-order valence-corrected chi connectivity index (χ4v) is 3.17. The molecular formula is C10H9ClF3NO2S. The molecule has 0 atom stereocenters. The number of halogens is 4. The second-order valence-corrected chi connectivity index (χ2v) is 6.74. The highest BCUT2D eigenvalue weighted by Crippen LogP contribution is 2.33. The van der Waals surface area contributed by atoms with E-state index in [-0.39, 0.29) is 10.7 Å². The lowest BCUT2D eigenvalue weighted by Crippen LogP contribution is -2.23. The smallest absolute Gasteiger partial charge is 0.406 e. The number of hydrogen-bond donors (Lipinski definition) is 0. The summed E-state index contributed by atoms with van der Waals surface area (Å²) in [5, 5.41) is -0.00799. The normalized spacial score (nSPS) is 18.0. The van der Waals surface area contributed by atoms with E-state index in [1.165, 1.54) is 6.07 Å². The molecule has 8 heteroatoms. The molecule has 2 rings (SSSR count). The van der Waals surface area contributed by atoms with Crippen LogP contribution in [0, 0.1) is 0 Å². The summed E-state index contributed by atoms with van der Waals surface area (Å²) in [5.74, 6) is 0.587. The molecule has 0 N–H and O–H groups in total. The second kappa shape index (κ2) is 4.62. The van der Waals surface area contributed by atoms with Crippen LogP contribution in [0.4, 0.5) is 18.9 Å². The van der Waals surface area contributed by atoms with E-state index in [0.29, 0.717) is 11.5 Å². The van der Waals surface area contributed by atoms with Gasteiger partial charge in [0.25, 0.3) is 0 Å². The van der Waals surface area contributed by atoms with Crippen LogP contribution in [0.2, 0.25) is 5.02 Å². The summed E-state index contributed by atoms with van der Waals surface area (Å²) in [4.78, 5) is 0. The Kier molecular flexibility index (Phi) is 3.46. The van der Waals surface area contributed by atoms with Gasteiger partial charge in [-0.3, -0.25) is 0 Å². The quantitative estimate of drug-likeness (QED) is 0.834. The molecule has 1 fully saturated rings. The highest BCUT2D eigenvalue weighted by Gasteiger charge is 2.31. The summed E-state index contributed by atoms with van der Waals surface area (Å²) in [7, 11) is -2.23. The molecule has 100 valence electrons. The molecule has 18 heavy (non-hydrogen) atoms. The standard InChI is InChI=1S/C10H9ClF3NO2S/c11-8-6-7(17-10(12,13)14)2-3-9(8)15-18(16)4-1-5-18/h2-3,6H,1,4-5H2. The number of hydrogen-bond acceptors (Lipinski definition) is 3. The van der Waals surface area contributed by atoms with Crippen LogP contribution in [-0.4, -0.2) is 22.1 Å². The monoisotopic (exact) mass is 299 g/mol. The maximum atomic E-state index is 12.0. The Bertz CT molecular complexity index is 569. The predicted molar refractivity (Wildman–Crippen MR) is 62.7 cm³/mol. The lowest BCUT2D eigenvalue weighted by Gasteiger charge is -2.18. The SMILES string of the molecule is O=S1(=Nc2ccc(OC(F)(F)F)cc2Cl)CCC1. The minimum absolute atomic E-state index is 0.00799. The maximum Gasteiger partial charge on any atom is 0.573 e. The summed E-state index contributed by atoms with van der Waals surface area (Å²) in [5.41, 5.74) is 0.232. The minimum atomic E-state index is -4.76. The lowest BCUT2D eigenvalue weighted by molar-refractivity contribution is -0.274. The van der Waals surface area contributed by atoms with Crippen LogP contribution in [0.25, 0.3) is 0 Å². The molecule has 0 amide bonds. The number of ether oxygens (including phenoxy) is 1. The van der Waals surface area contributed by atoms with Gasteiger partial charge < -0.3 is 4.74 Å². The summed E-state index contributed by atoms with van der Waals surface area (Å²) in [6.07, 6.45) is -3.92. The molecule has 0 aromatic heterocycles. The molecule has 1 heterocycles. The molecule has 0 radical (unpaired) electrons. The average Bonchev–Trinajstić information content (AvgIpc) is 2.17. The zero-order chi connectivity index (χ0) is 13.4. The van der Waals surface area contributed by atoms with Gasteiger partial charge in [0.05, 0.1) is 20.4 Å². The zero-order valence-corrected chi connectivity index (χ0v) is 10.6. The van der Waals surface area contributed by atoms with Gasteiger partial charge in [0.1, 0.15) is 5.75 Å². The van der Waals surface area contributed by atoms with Gasteiger partial charge in [-0.15, -0.1) is 13.2 Å². The Labute approximate surface area is 107 Å². The van der Waals surface area contributed by atoms with Crippen molar-refractivity contribution in [3.8, 4) is 5.75 Å².